The molecule has 10 nitrogen and oxygen atoms in total. The summed E-state index contributed by atoms with van der Waals surface area (Å²) in [6.45, 7) is -0.220. The number of nitrogens with one attached hydrogen (secondary N) is 2. The lowest BCUT2D eigenvalue weighted by Gasteiger charge is -2.31. The van der Waals surface area contributed by atoms with Gasteiger partial charge in [-0.15, -0.1) is 0 Å². The maximum absolute atomic E-state index is 13.9. The molecule has 0 aliphatic carbocycles. The quantitative estimate of drug-likeness (QED) is 0.582. The number of nitrogens with two attached hydrogens (primary N) is 1. The van der Waals surface area contributed by atoms with Crippen molar-refractivity contribution in [3.05, 3.63) is 53.9 Å². The van der Waals surface area contributed by atoms with E-state index in [1.165, 1.54) is 11.9 Å². The van der Waals surface area contributed by atoms with Gasteiger partial charge in [-0.1, -0.05) is 0 Å². The molecule has 1 saturated heterocycles. The fourth-order valence-electron chi connectivity index (χ4n) is 3.76. The van der Waals surface area contributed by atoms with E-state index in [4.69, 9.17) is 5.73 Å². The maximum atomic E-state index is 13.9. The number of anilines is 1. The van der Waals surface area contributed by atoms with Crippen LogP contribution < -0.4 is 16.4 Å². The summed E-state index contributed by atoms with van der Waals surface area (Å²) in [4.78, 5) is 52.4. The Morgan fingerprint density at radius 1 is 1.21 bits per heavy atom. The van der Waals surface area contributed by atoms with Crippen molar-refractivity contribution < 1.29 is 28.0 Å². The van der Waals surface area contributed by atoms with E-state index in [9.17, 15) is 28.0 Å². The number of benzene rings is 1. The summed E-state index contributed by atoms with van der Waals surface area (Å²) in [7, 11) is 3.04. The molecule has 3 rings (SSSR count). The largest absolute Gasteiger partial charge is 0.368 e. The van der Waals surface area contributed by atoms with Crippen LogP contribution in [0.2, 0.25) is 0 Å². The van der Waals surface area contributed by atoms with Crippen LogP contribution in [0, 0.1) is 11.6 Å². The first-order chi connectivity index (χ1) is 15.6. The number of rotatable bonds is 6. The van der Waals surface area contributed by atoms with E-state index >= 15 is 0 Å². The monoisotopic (exact) mass is 462 g/mol. The molecule has 2 atom stereocenters. The predicted octanol–water partition coefficient (Wildman–Crippen LogP) is 0.652. The number of hydrogen-bond donors (Lipinski definition) is 3. The van der Waals surface area contributed by atoms with Gasteiger partial charge >= 0.3 is 6.03 Å². The van der Waals surface area contributed by atoms with Crippen molar-refractivity contribution >= 4 is 29.4 Å². The highest BCUT2D eigenvalue weighted by Gasteiger charge is 2.44. The van der Waals surface area contributed by atoms with Crippen LogP contribution >= 0.6 is 0 Å². The summed E-state index contributed by atoms with van der Waals surface area (Å²) in [5.74, 6) is -3.52. The minimum Gasteiger partial charge on any atom is -0.368 e. The average Bonchev–Trinajstić information content (AvgIpc) is 3.34. The molecule has 12 heteroatoms. The number of aromatic nitrogens is 1. The fraction of sp³-hybridized carbons (Fsp3) is 0.333. The molecule has 4 N–H and O–H groups in total. The van der Waals surface area contributed by atoms with Gasteiger partial charge in [0.1, 0.15) is 23.4 Å². The van der Waals surface area contributed by atoms with Crippen molar-refractivity contribution in [2.75, 3.05) is 25.5 Å². The normalized spacial score (nSPS) is 17.5. The minimum atomic E-state index is -1.12. The van der Waals surface area contributed by atoms with Crippen LogP contribution in [0.25, 0.3) is 0 Å². The number of likely N-dealkylation sites (N-methyl/N-ethyl adjacent to an activating group) is 1. The number of halogens is 2. The number of likely N-dealkylation sites (tertiary alicyclic amines) is 1. The van der Waals surface area contributed by atoms with Crippen molar-refractivity contribution in [3.63, 3.8) is 0 Å². The number of hydrogen-bond acceptors (Lipinski definition) is 4. The zero-order valence-corrected chi connectivity index (χ0v) is 18.0. The van der Waals surface area contributed by atoms with Crippen LogP contribution in [-0.4, -0.2) is 70.3 Å². The Bertz CT molecular complexity index is 1090. The highest BCUT2D eigenvalue weighted by molar-refractivity contribution is 5.98. The van der Waals surface area contributed by atoms with Gasteiger partial charge in [0, 0.05) is 32.9 Å². The van der Waals surface area contributed by atoms with E-state index in [1.807, 2.05) is 0 Å². The SMILES string of the molecule is CN(CC(N)=O)C(=O)C1C(NC(=O)Nc2ccc(F)cc2F)CCN1C(=O)c1cccn1C. The maximum Gasteiger partial charge on any atom is 0.319 e. The summed E-state index contributed by atoms with van der Waals surface area (Å²) < 4.78 is 28.6. The van der Waals surface area contributed by atoms with Crippen LogP contribution in [0.15, 0.2) is 36.5 Å². The number of amides is 5. The van der Waals surface area contributed by atoms with Gasteiger partial charge < -0.3 is 30.7 Å². The third kappa shape index (κ3) is 5.27. The number of primary amides is 1. The number of aryl methyl sites for hydroxylation is 1. The average molecular weight is 462 g/mol. The standard InChI is InChI=1S/C21H24F2N6O4/c1-27-8-3-4-16(27)19(31)29-9-7-15(18(29)20(32)28(2)11-17(24)30)26-21(33)25-14-6-5-12(22)10-13(14)23/h3-6,8,10,15,18H,7,9,11H2,1-2H3,(H2,24,30)(H2,25,26,33). The molecule has 1 fully saturated rings. The Morgan fingerprint density at radius 3 is 2.55 bits per heavy atom. The van der Waals surface area contributed by atoms with Crippen LogP contribution in [-0.2, 0) is 16.6 Å². The summed E-state index contributed by atoms with van der Waals surface area (Å²) in [6, 6.07) is 3.15. The van der Waals surface area contributed by atoms with Gasteiger partial charge in [-0.3, -0.25) is 14.4 Å². The molecule has 1 aliphatic rings. The first kappa shape index (κ1) is 23.7. The smallest absolute Gasteiger partial charge is 0.319 e. The van der Waals surface area contributed by atoms with Crippen molar-refractivity contribution in [1.29, 1.82) is 0 Å². The predicted molar refractivity (Wildman–Crippen MR) is 114 cm³/mol. The molecule has 0 saturated carbocycles. The minimum absolute atomic E-state index is 0.153. The van der Waals surface area contributed by atoms with Crippen LogP contribution in [0.3, 0.4) is 0 Å². The van der Waals surface area contributed by atoms with Crippen LogP contribution in [0.4, 0.5) is 19.3 Å². The molecule has 33 heavy (non-hydrogen) atoms. The van der Waals surface area contributed by atoms with Gasteiger partial charge in [-0.25, -0.2) is 13.6 Å². The molecule has 1 aromatic heterocycles. The van der Waals surface area contributed by atoms with Gasteiger partial charge in [-0.2, -0.15) is 0 Å². The number of urea groups is 1. The lowest BCUT2D eigenvalue weighted by Crippen LogP contribution is -2.56. The number of carbonyl (C=O) groups is 4. The second kappa shape index (κ2) is 9.67. The molecule has 2 heterocycles. The van der Waals surface area contributed by atoms with Gasteiger partial charge in [0.25, 0.3) is 5.91 Å². The molecular formula is C21H24F2N6O4. The van der Waals surface area contributed by atoms with E-state index < -0.39 is 47.5 Å². The van der Waals surface area contributed by atoms with Gasteiger partial charge in [-0.05, 0) is 30.7 Å². The Morgan fingerprint density at radius 2 is 1.94 bits per heavy atom. The second-order valence-electron chi connectivity index (χ2n) is 7.73. The molecule has 0 bridgehead atoms. The lowest BCUT2D eigenvalue weighted by molar-refractivity contribution is -0.137. The van der Waals surface area contributed by atoms with Crippen molar-refractivity contribution in [2.45, 2.75) is 18.5 Å². The number of carbonyl (C=O) groups excluding carboxylic acids is 4. The third-order valence-electron chi connectivity index (χ3n) is 5.34. The Labute approximate surface area is 188 Å². The van der Waals surface area contributed by atoms with Gasteiger partial charge in [0.2, 0.25) is 11.8 Å². The molecule has 0 radical (unpaired) electrons. The summed E-state index contributed by atoms with van der Waals surface area (Å²) in [6.07, 6.45) is 1.91. The van der Waals surface area contributed by atoms with Crippen molar-refractivity contribution in [1.82, 2.24) is 19.7 Å². The van der Waals surface area contributed by atoms with E-state index in [0.717, 1.165) is 17.0 Å². The first-order valence-electron chi connectivity index (χ1n) is 10.1. The van der Waals surface area contributed by atoms with Crippen LogP contribution in [0.1, 0.15) is 16.9 Å². The zero-order chi connectivity index (χ0) is 24.3. The van der Waals surface area contributed by atoms with Crippen molar-refractivity contribution in [2.24, 2.45) is 12.8 Å². The van der Waals surface area contributed by atoms with Gasteiger partial charge in [0.15, 0.2) is 0 Å². The molecule has 1 aromatic carbocycles. The molecule has 0 spiro atoms. The Balaban J connectivity index is 1.82. The molecular weight excluding hydrogens is 438 g/mol. The molecule has 1 aliphatic heterocycles. The van der Waals surface area contributed by atoms with E-state index in [0.29, 0.717) is 11.8 Å². The summed E-state index contributed by atoms with van der Waals surface area (Å²) in [5, 5.41) is 4.85. The molecule has 2 unspecified atom stereocenters. The van der Waals surface area contributed by atoms with Crippen LogP contribution in [0.5, 0.6) is 0 Å². The number of nitrogens with zero attached hydrogens (tertiary/aromatic N) is 3. The highest BCUT2D eigenvalue weighted by atomic mass is 19.1. The highest BCUT2D eigenvalue weighted by Crippen LogP contribution is 2.23. The Hall–Kier alpha value is -3.96. The topological polar surface area (TPSA) is 130 Å². The zero-order valence-electron chi connectivity index (χ0n) is 18.0. The first-order valence-corrected chi connectivity index (χ1v) is 10.1. The summed E-state index contributed by atoms with van der Waals surface area (Å²) in [5.41, 5.74) is 5.27. The lowest BCUT2D eigenvalue weighted by atomic mass is 10.1. The van der Waals surface area contributed by atoms with E-state index in [1.54, 1.807) is 29.9 Å². The third-order valence-corrected chi connectivity index (χ3v) is 5.34. The molecule has 5 amide bonds. The fourth-order valence-corrected chi connectivity index (χ4v) is 3.76. The second-order valence-corrected chi connectivity index (χ2v) is 7.73. The Kier molecular flexibility index (Phi) is 6.95. The van der Waals surface area contributed by atoms with E-state index in [-0.39, 0.29) is 25.2 Å². The van der Waals surface area contributed by atoms with E-state index in [2.05, 4.69) is 10.6 Å². The molecule has 2 aromatic rings. The summed E-state index contributed by atoms with van der Waals surface area (Å²) >= 11 is 0. The molecule has 176 valence electrons. The van der Waals surface area contributed by atoms with Crippen molar-refractivity contribution in [3.8, 4) is 0 Å². The van der Waals surface area contributed by atoms with Gasteiger partial charge in [0.05, 0.1) is 18.3 Å².